The summed E-state index contributed by atoms with van der Waals surface area (Å²) in [6, 6.07) is 7.80. The zero-order chi connectivity index (χ0) is 20.6. The Kier molecular flexibility index (Phi) is 6.04. The molecule has 0 aliphatic carbocycles. The van der Waals surface area contributed by atoms with E-state index in [9.17, 15) is 4.79 Å². The number of hydrogen-bond acceptors (Lipinski definition) is 1. The third-order valence-corrected chi connectivity index (χ3v) is 13.6. The maximum absolute atomic E-state index is 15.7. The van der Waals surface area contributed by atoms with Gasteiger partial charge in [-0.2, -0.15) is 0 Å². The van der Waals surface area contributed by atoms with Crippen molar-refractivity contribution >= 4 is 25.0 Å². The highest BCUT2D eigenvalue weighted by Gasteiger charge is 2.46. The van der Waals surface area contributed by atoms with Crippen molar-refractivity contribution in [1.82, 2.24) is 9.55 Å². The number of carbonyl (C=O) groups is 1. The minimum absolute atomic E-state index is 0.0297. The van der Waals surface area contributed by atoms with E-state index in [0.717, 1.165) is 22.9 Å². The van der Waals surface area contributed by atoms with Gasteiger partial charge in [-0.1, -0.05) is 59.7 Å². The number of amides is 1. The smallest absolute Gasteiger partial charge is 0.220 e. The van der Waals surface area contributed by atoms with Crippen LogP contribution in [0.4, 0.5) is 4.39 Å². The standard InChI is InChI=1S/C23H35FN2OSi/c1-15(2)28(16(3)4,17(5)6)26-14-19(18-10-7-8-12-21(18)26)23(24)20-11-9-13-22(27)25-20/h7-8,10,12,14-17,20,23H,9,11,13H2,1-6H3,(H,25,27)/t20-,23-/m0/s1. The van der Waals surface area contributed by atoms with Crippen LogP contribution in [0.15, 0.2) is 30.5 Å². The van der Waals surface area contributed by atoms with Gasteiger partial charge in [0.1, 0.15) is 6.17 Å². The van der Waals surface area contributed by atoms with Crippen molar-refractivity contribution in [3.63, 3.8) is 0 Å². The third-order valence-electron chi connectivity index (χ3n) is 6.85. The molecule has 3 rings (SSSR count). The van der Waals surface area contributed by atoms with Gasteiger partial charge in [-0.3, -0.25) is 4.79 Å². The van der Waals surface area contributed by atoms with Crippen LogP contribution in [-0.2, 0) is 4.79 Å². The molecular formula is C23H35FN2OSi. The molecule has 0 radical (unpaired) electrons. The quantitative estimate of drug-likeness (QED) is 0.562. The monoisotopic (exact) mass is 402 g/mol. The lowest BCUT2D eigenvalue weighted by atomic mass is 9.95. The number of carbonyl (C=O) groups excluding carboxylic acids is 1. The van der Waals surface area contributed by atoms with Crippen molar-refractivity contribution in [2.75, 3.05) is 0 Å². The van der Waals surface area contributed by atoms with E-state index in [1.165, 1.54) is 0 Å². The number of halogens is 1. The number of hydrogen-bond donors (Lipinski definition) is 1. The number of aromatic nitrogens is 1. The minimum atomic E-state index is -1.99. The van der Waals surface area contributed by atoms with Crippen LogP contribution in [0, 0.1) is 0 Å². The van der Waals surface area contributed by atoms with Crippen molar-refractivity contribution in [2.24, 2.45) is 0 Å². The van der Waals surface area contributed by atoms with Gasteiger partial charge in [-0.25, -0.2) is 4.39 Å². The number of benzene rings is 1. The Morgan fingerprint density at radius 3 is 2.25 bits per heavy atom. The Balaban J connectivity index is 2.19. The van der Waals surface area contributed by atoms with Crippen LogP contribution in [-0.4, -0.2) is 24.4 Å². The molecule has 0 bridgehead atoms. The molecule has 2 atom stereocenters. The SMILES string of the molecule is CC(C)[Si](C(C)C)(C(C)C)n1cc([C@H](F)[C@@H]2CCCC(=O)N2)c2ccccc21. The van der Waals surface area contributed by atoms with E-state index in [2.05, 4.69) is 69.4 Å². The fourth-order valence-corrected chi connectivity index (χ4v) is 12.5. The second-order valence-electron chi connectivity index (χ2n) is 9.29. The number of alkyl halides is 1. The molecule has 1 fully saturated rings. The van der Waals surface area contributed by atoms with E-state index in [-0.39, 0.29) is 5.91 Å². The molecule has 1 aliphatic rings. The first-order valence-corrected chi connectivity index (χ1v) is 12.9. The zero-order valence-corrected chi connectivity index (χ0v) is 19.1. The van der Waals surface area contributed by atoms with Crippen LogP contribution in [0.5, 0.6) is 0 Å². The van der Waals surface area contributed by atoms with Gasteiger partial charge in [0.2, 0.25) is 5.91 Å². The van der Waals surface area contributed by atoms with E-state index in [4.69, 9.17) is 0 Å². The zero-order valence-electron chi connectivity index (χ0n) is 18.1. The van der Waals surface area contributed by atoms with E-state index >= 15 is 4.39 Å². The molecule has 1 N–H and O–H groups in total. The Hall–Kier alpha value is -1.62. The number of piperidine rings is 1. The molecule has 1 aromatic carbocycles. The van der Waals surface area contributed by atoms with E-state index in [1.54, 1.807) is 0 Å². The topological polar surface area (TPSA) is 34.0 Å². The summed E-state index contributed by atoms with van der Waals surface area (Å²) in [5.41, 5.74) is 3.47. The Bertz CT molecular complexity index is 820. The van der Waals surface area contributed by atoms with Crippen LogP contribution in [0.1, 0.15) is 72.5 Å². The van der Waals surface area contributed by atoms with Gasteiger partial charge in [-0.15, -0.1) is 0 Å². The van der Waals surface area contributed by atoms with Gasteiger partial charge < -0.3 is 9.55 Å². The number of fused-ring (bicyclic) bond motifs is 1. The molecule has 1 aliphatic heterocycles. The summed E-state index contributed by atoms with van der Waals surface area (Å²) in [5.74, 6) is -0.0297. The fourth-order valence-electron chi connectivity index (χ4n) is 5.85. The first-order chi connectivity index (χ1) is 13.2. The van der Waals surface area contributed by atoms with E-state index in [1.807, 2.05) is 12.1 Å². The van der Waals surface area contributed by atoms with Crippen LogP contribution in [0.2, 0.25) is 16.6 Å². The maximum atomic E-state index is 15.7. The van der Waals surface area contributed by atoms with Crippen molar-refractivity contribution < 1.29 is 9.18 Å². The summed E-state index contributed by atoms with van der Waals surface area (Å²) in [6.07, 6.45) is 2.90. The normalized spacial score (nSPS) is 19.6. The molecule has 0 saturated carbocycles. The van der Waals surface area contributed by atoms with Gasteiger partial charge in [0.05, 0.1) is 6.04 Å². The molecule has 5 heteroatoms. The summed E-state index contributed by atoms with van der Waals surface area (Å²) in [5, 5.41) is 3.88. The van der Waals surface area contributed by atoms with E-state index in [0.29, 0.717) is 29.5 Å². The molecule has 2 aromatic rings. The molecule has 0 spiro atoms. The molecule has 3 nitrogen and oxygen atoms in total. The number of nitrogens with one attached hydrogen (secondary N) is 1. The highest BCUT2D eigenvalue weighted by atomic mass is 28.3. The lowest BCUT2D eigenvalue weighted by Crippen LogP contribution is -2.51. The van der Waals surface area contributed by atoms with Crippen LogP contribution in [0.25, 0.3) is 10.9 Å². The summed E-state index contributed by atoms with van der Waals surface area (Å²) in [4.78, 5) is 11.8. The van der Waals surface area contributed by atoms with Gasteiger partial charge in [-0.05, 0) is 35.5 Å². The Morgan fingerprint density at radius 2 is 1.68 bits per heavy atom. The second-order valence-corrected chi connectivity index (χ2v) is 15.0. The van der Waals surface area contributed by atoms with Crippen LogP contribution in [0.3, 0.4) is 0 Å². The van der Waals surface area contributed by atoms with Gasteiger partial charge >= 0.3 is 0 Å². The first kappa shape index (κ1) is 21.1. The van der Waals surface area contributed by atoms with Crippen molar-refractivity contribution in [3.05, 3.63) is 36.0 Å². The second kappa shape index (κ2) is 8.01. The van der Waals surface area contributed by atoms with Gasteiger partial charge in [0.15, 0.2) is 8.24 Å². The highest BCUT2D eigenvalue weighted by Crippen LogP contribution is 2.46. The Labute approximate surface area is 169 Å². The third kappa shape index (κ3) is 3.32. The Morgan fingerprint density at radius 1 is 1.07 bits per heavy atom. The van der Waals surface area contributed by atoms with Crippen LogP contribution >= 0.6 is 0 Å². The van der Waals surface area contributed by atoms with Gasteiger partial charge in [0.25, 0.3) is 0 Å². The maximum Gasteiger partial charge on any atom is 0.220 e. The van der Waals surface area contributed by atoms with Crippen molar-refractivity contribution in [1.29, 1.82) is 0 Å². The lowest BCUT2D eigenvalue weighted by molar-refractivity contribution is -0.124. The molecule has 1 amide bonds. The molecule has 0 unspecified atom stereocenters. The number of nitrogens with zero attached hydrogens (tertiary/aromatic N) is 1. The lowest BCUT2D eigenvalue weighted by Gasteiger charge is -2.44. The minimum Gasteiger partial charge on any atom is -0.373 e. The average Bonchev–Trinajstić information content (AvgIpc) is 3.01. The summed E-state index contributed by atoms with van der Waals surface area (Å²) >= 11 is 0. The summed E-state index contributed by atoms with van der Waals surface area (Å²) in [7, 11) is -1.99. The van der Waals surface area contributed by atoms with Gasteiger partial charge in [0, 0.05) is 29.1 Å². The molecule has 1 saturated heterocycles. The molecular weight excluding hydrogens is 367 g/mol. The first-order valence-electron chi connectivity index (χ1n) is 10.7. The molecule has 1 aromatic heterocycles. The summed E-state index contributed by atoms with van der Waals surface area (Å²) in [6.45, 7) is 14.0. The van der Waals surface area contributed by atoms with Crippen molar-refractivity contribution in [2.45, 2.75) is 89.6 Å². The number of para-hydroxylation sites is 1. The fraction of sp³-hybridized carbons (Fsp3) is 0.609. The van der Waals surface area contributed by atoms with Crippen molar-refractivity contribution in [3.8, 4) is 0 Å². The number of rotatable bonds is 6. The summed E-state index contributed by atoms with van der Waals surface area (Å²) < 4.78 is 18.2. The molecule has 2 heterocycles. The predicted octanol–water partition coefficient (Wildman–Crippen LogP) is 6.34. The predicted molar refractivity (Wildman–Crippen MR) is 118 cm³/mol. The molecule has 28 heavy (non-hydrogen) atoms. The van der Waals surface area contributed by atoms with Crippen LogP contribution < -0.4 is 5.32 Å². The highest BCUT2D eigenvalue weighted by molar-refractivity contribution is 6.82. The largest absolute Gasteiger partial charge is 0.373 e. The molecule has 154 valence electrons. The van der Waals surface area contributed by atoms with E-state index < -0.39 is 20.4 Å². The average molecular weight is 403 g/mol.